The van der Waals surface area contributed by atoms with Gasteiger partial charge in [0.1, 0.15) is 52.6 Å². The molecule has 1 amide bonds. The number of carbonyl (C=O) groups is 2. The molecule has 3 saturated heterocycles. The first-order valence-electron chi connectivity index (χ1n) is 20.1. The van der Waals surface area contributed by atoms with E-state index >= 15 is 4.39 Å². The lowest BCUT2D eigenvalue weighted by Gasteiger charge is -2.41. The Morgan fingerprint density at radius 3 is 2.64 bits per heavy atom. The lowest BCUT2D eigenvalue weighted by Crippen LogP contribution is -2.57. The molecular weight excluding hydrogens is 763 g/mol. The first-order valence-corrected chi connectivity index (χ1v) is 20.1. The summed E-state index contributed by atoms with van der Waals surface area (Å²) in [5, 5.41) is 4.78. The van der Waals surface area contributed by atoms with Crippen LogP contribution in [0, 0.1) is 5.82 Å². The highest BCUT2D eigenvalue weighted by atomic mass is 19.1. The second-order valence-corrected chi connectivity index (χ2v) is 16.2. The van der Waals surface area contributed by atoms with Gasteiger partial charge in [-0.05, 0) is 92.6 Å². The molecule has 0 unspecified atom stereocenters. The Bertz CT molecular complexity index is 2450. The van der Waals surface area contributed by atoms with Crippen molar-refractivity contribution in [3.8, 4) is 34.5 Å². The Morgan fingerprint density at radius 2 is 1.83 bits per heavy atom. The van der Waals surface area contributed by atoms with E-state index in [9.17, 15) is 14.0 Å². The van der Waals surface area contributed by atoms with Crippen LogP contribution in [0.4, 0.5) is 19.4 Å². The lowest BCUT2D eigenvalue weighted by atomic mass is 9.91. The number of esters is 1. The number of hydrogen-bond donors (Lipinski definition) is 1. The molecule has 0 saturated carbocycles. The van der Waals surface area contributed by atoms with Crippen LogP contribution in [0.25, 0.3) is 32.9 Å². The van der Waals surface area contributed by atoms with E-state index in [1.165, 1.54) is 14.2 Å². The number of alkyl carbamates (subject to hydrolysis) is 1. The highest BCUT2D eigenvalue weighted by Crippen LogP contribution is 2.43. The number of amides is 1. The zero-order valence-electron chi connectivity index (χ0n) is 33.3. The Labute approximate surface area is 339 Å². The molecule has 13 nitrogen and oxygen atoms in total. The van der Waals surface area contributed by atoms with Gasteiger partial charge in [-0.15, -0.1) is 0 Å². The smallest absolute Gasteiger partial charge is 0.407 e. The quantitative estimate of drug-likeness (QED) is 0.131. The molecule has 308 valence electrons. The molecule has 0 radical (unpaired) electrons. The van der Waals surface area contributed by atoms with Crippen LogP contribution >= 0.6 is 0 Å². The number of benzene rings is 3. The van der Waals surface area contributed by atoms with Crippen molar-refractivity contribution < 1.29 is 42.1 Å². The molecule has 2 aromatic heterocycles. The molecule has 1 N–H and O–H groups in total. The molecule has 15 heteroatoms. The van der Waals surface area contributed by atoms with Crippen LogP contribution in [-0.2, 0) is 11.2 Å². The molecule has 5 aliphatic heterocycles. The van der Waals surface area contributed by atoms with Gasteiger partial charge in [-0.1, -0.05) is 24.3 Å². The number of fused-ring (bicyclic) bond motifs is 7. The first kappa shape index (κ1) is 38.7. The number of rotatable bonds is 7. The molecule has 5 aliphatic rings. The molecule has 0 spiro atoms. The Hall–Kier alpha value is -5.83. The van der Waals surface area contributed by atoms with Gasteiger partial charge in [0, 0.05) is 37.8 Å². The summed E-state index contributed by atoms with van der Waals surface area (Å²) < 4.78 is 61.4. The second kappa shape index (κ2) is 15.4. The van der Waals surface area contributed by atoms with Crippen molar-refractivity contribution in [2.75, 3.05) is 58.5 Å². The number of hydrogen-bond acceptors (Lipinski definition) is 12. The van der Waals surface area contributed by atoms with Crippen LogP contribution in [0.3, 0.4) is 0 Å². The van der Waals surface area contributed by atoms with Gasteiger partial charge in [0.15, 0.2) is 5.82 Å². The van der Waals surface area contributed by atoms with Gasteiger partial charge in [-0.3, -0.25) is 9.88 Å². The number of aryl methyl sites for hydroxylation is 1. The minimum atomic E-state index is -0.953. The van der Waals surface area contributed by atoms with Crippen molar-refractivity contribution in [2.24, 2.45) is 0 Å². The minimum Gasteiger partial charge on any atom is -0.496 e. The van der Waals surface area contributed by atoms with E-state index in [1.807, 2.05) is 30.0 Å². The predicted molar refractivity (Wildman–Crippen MR) is 216 cm³/mol. The number of ether oxygens (including phenoxy) is 5. The molecule has 59 heavy (non-hydrogen) atoms. The number of aromatic nitrogens is 3. The monoisotopic (exact) mass is 808 g/mol. The largest absolute Gasteiger partial charge is 0.496 e. The molecule has 3 atom stereocenters. The van der Waals surface area contributed by atoms with Crippen molar-refractivity contribution >= 4 is 39.6 Å². The number of halogens is 2. The van der Waals surface area contributed by atoms with E-state index in [0.29, 0.717) is 79.3 Å². The van der Waals surface area contributed by atoms with E-state index < -0.39 is 35.1 Å². The highest BCUT2D eigenvalue weighted by molar-refractivity contribution is 6.03. The Balaban J connectivity index is 1.21. The maximum Gasteiger partial charge on any atom is 0.407 e. The van der Waals surface area contributed by atoms with Crippen molar-refractivity contribution in [1.82, 2.24) is 25.2 Å². The summed E-state index contributed by atoms with van der Waals surface area (Å²) in [5.41, 5.74) is 0.109. The number of carbonyl (C=O) groups excluding carboxylic acids is 2. The number of nitrogens with zero attached hydrogens (tertiary/aromatic N) is 5. The molecule has 3 fully saturated rings. The van der Waals surface area contributed by atoms with E-state index in [0.717, 1.165) is 24.9 Å². The van der Waals surface area contributed by atoms with Crippen LogP contribution in [-0.4, -0.2) is 103 Å². The van der Waals surface area contributed by atoms with Crippen molar-refractivity contribution in [1.29, 1.82) is 0 Å². The molecule has 0 aliphatic carbocycles. The van der Waals surface area contributed by atoms with Gasteiger partial charge in [0.25, 0.3) is 0 Å². The van der Waals surface area contributed by atoms with Crippen LogP contribution in [0.2, 0.25) is 0 Å². The first-order chi connectivity index (χ1) is 28.6. The van der Waals surface area contributed by atoms with Crippen LogP contribution in [0.15, 0.2) is 54.7 Å². The summed E-state index contributed by atoms with van der Waals surface area (Å²) in [6.45, 7) is 4.34. The average Bonchev–Trinajstić information content (AvgIpc) is 3.76. The summed E-state index contributed by atoms with van der Waals surface area (Å²) in [6.07, 6.45) is 4.53. The number of piperidine rings is 1. The van der Waals surface area contributed by atoms with Crippen molar-refractivity contribution in [3.63, 3.8) is 0 Å². The topological polar surface area (TPSA) is 137 Å². The zero-order chi connectivity index (χ0) is 40.9. The Kier molecular flexibility index (Phi) is 10.1. The molecule has 6 bridgehead atoms. The van der Waals surface area contributed by atoms with Crippen LogP contribution in [0.5, 0.6) is 23.3 Å². The molecule has 7 heterocycles. The molecule has 3 aromatic carbocycles. The van der Waals surface area contributed by atoms with Crippen molar-refractivity contribution in [2.45, 2.75) is 69.1 Å². The third-order valence-corrected chi connectivity index (χ3v) is 12.2. The number of anilines is 1. The van der Waals surface area contributed by atoms with Gasteiger partial charge in [0.05, 0.1) is 37.3 Å². The van der Waals surface area contributed by atoms with Crippen molar-refractivity contribution in [3.05, 3.63) is 71.7 Å². The molecule has 10 rings (SSSR count). The Morgan fingerprint density at radius 1 is 1.03 bits per heavy atom. The lowest BCUT2D eigenvalue weighted by molar-refractivity contribution is 0.0727. The summed E-state index contributed by atoms with van der Waals surface area (Å²) in [7, 11) is 2.90. The minimum absolute atomic E-state index is 0.0127. The number of methoxy groups -OCH3 is 2. The van der Waals surface area contributed by atoms with E-state index in [1.54, 1.807) is 36.5 Å². The summed E-state index contributed by atoms with van der Waals surface area (Å²) in [6, 6.07) is 13.9. The SMILES string of the molecule is COc1cccc(OC)c1C(=O)Oc1cc2c3c(cccc3c1)CCCOC(=O)N[C@]1(C)CCCN(C1)c1nc(OC[C@@]34CCCN3C[C@H](F)C4)nc3c(F)c-2ncc13. The summed E-state index contributed by atoms with van der Waals surface area (Å²) in [5.74, 6) is -0.378. The highest BCUT2D eigenvalue weighted by Gasteiger charge is 2.49. The fourth-order valence-corrected chi connectivity index (χ4v) is 9.54. The predicted octanol–water partition coefficient (Wildman–Crippen LogP) is 7.21. The van der Waals surface area contributed by atoms with E-state index in [2.05, 4.69) is 10.2 Å². The average molecular weight is 809 g/mol. The second-order valence-electron chi connectivity index (χ2n) is 16.2. The maximum absolute atomic E-state index is 17.6. The van der Waals surface area contributed by atoms with Crippen LogP contribution in [0.1, 0.15) is 61.4 Å². The maximum atomic E-state index is 17.6. The number of alkyl halides is 1. The molecule has 5 aromatic rings. The number of nitrogens with one attached hydrogen (secondary N) is 1. The summed E-state index contributed by atoms with van der Waals surface area (Å²) in [4.78, 5) is 45.5. The van der Waals surface area contributed by atoms with Crippen LogP contribution < -0.4 is 29.2 Å². The zero-order valence-corrected chi connectivity index (χ0v) is 33.3. The third kappa shape index (κ3) is 7.19. The van der Waals surface area contributed by atoms with E-state index in [-0.39, 0.29) is 53.2 Å². The summed E-state index contributed by atoms with van der Waals surface area (Å²) >= 11 is 0. The third-order valence-electron chi connectivity index (χ3n) is 12.2. The van der Waals surface area contributed by atoms with Gasteiger partial charge in [0.2, 0.25) is 0 Å². The fraction of sp³-hybridized carbons (Fsp3) is 0.432. The van der Waals surface area contributed by atoms with Gasteiger partial charge in [-0.25, -0.2) is 18.4 Å². The number of pyridine rings is 1. The fourth-order valence-electron chi connectivity index (χ4n) is 9.54. The standard InChI is InChI=1S/C44H46F2N6O7/c1-43-14-7-16-51(24-43)39-31-22-47-37(36(46)38(31)48-41(49-39)58-25-44-15-8-17-52(44)23-28(45)21-44)30-20-29(59-40(53)35-32(55-2)12-5-13-33(35)56-3)19-27-10-4-9-26(34(27)30)11-6-18-57-42(54)50-43/h4-5,9-10,12-13,19-20,22,28H,6-8,11,14-18,21,23-25H2,1-3H3,(H,50,54)/t28-,43-,44+/m1/s1. The molecular formula is C44H46F2N6O7. The normalized spacial score (nSPS) is 23.2. The van der Waals surface area contributed by atoms with Gasteiger partial charge in [-0.2, -0.15) is 9.97 Å². The van der Waals surface area contributed by atoms with E-state index in [4.69, 9.17) is 38.6 Å². The van der Waals surface area contributed by atoms with Gasteiger partial charge >= 0.3 is 18.1 Å². The van der Waals surface area contributed by atoms with Gasteiger partial charge < -0.3 is 33.9 Å².